The Bertz CT molecular complexity index is 1020. The van der Waals surface area contributed by atoms with E-state index in [0.29, 0.717) is 24.3 Å². The highest BCUT2D eigenvalue weighted by atomic mass is 19.4. The Morgan fingerprint density at radius 3 is 2.65 bits per heavy atom. The standard InChI is InChI=1S/C18H19F3N6O4/c19-18(20,21)30-7-11-13(28)14(29)17(31-11)27-9-26-12-15(24-8-25-16(12)27)23-6-3-10-1-4-22-5-2-10/h1-2,4-5,8-9,11,13-14,17,28-29H,3,6-7H2,(H,23,24,25)/t11-,13?,14?,17-/m1/s1. The van der Waals surface area contributed by atoms with E-state index >= 15 is 0 Å². The first-order valence-corrected chi connectivity index (χ1v) is 9.36. The van der Waals surface area contributed by atoms with Crippen molar-refractivity contribution in [3.63, 3.8) is 0 Å². The highest BCUT2D eigenvalue weighted by Crippen LogP contribution is 2.33. The normalized spacial score (nSPS) is 24.0. The molecule has 4 atom stereocenters. The van der Waals surface area contributed by atoms with Gasteiger partial charge in [-0.3, -0.25) is 14.3 Å². The highest BCUT2D eigenvalue weighted by Gasteiger charge is 2.46. The topological polar surface area (TPSA) is 127 Å². The first-order chi connectivity index (χ1) is 14.8. The van der Waals surface area contributed by atoms with Gasteiger partial charge in [-0.15, -0.1) is 13.2 Å². The molecule has 0 aliphatic carbocycles. The molecule has 2 unspecified atom stereocenters. The van der Waals surface area contributed by atoms with E-state index in [1.807, 2.05) is 12.1 Å². The number of anilines is 1. The summed E-state index contributed by atoms with van der Waals surface area (Å²) in [7, 11) is 0. The fourth-order valence-corrected chi connectivity index (χ4v) is 3.32. The molecule has 31 heavy (non-hydrogen) atoms. The number of halogens is 3. The van der Waals surface area contributed by atoms with Crippen LogP contribution in [0.25, 0.3) is 11.2 Å². The fourth-order valence-electron chi connectivity index (χ4n) is 3.32. The molecule has 0 amide bonds. The first-order valence-electron chi connectivity index (χ1n) is 9.36. The number of nitrogens with zero attached hydrogens (tertiary/aromatic N) is 5. The summed E-state index contributed by atoms with van der Waals surface area (Å²) < 4.78 is 47.4. The van der Waals surface area contributed by atoms with E-state index in [9.17, 15) is 23.4 Å². The van der Waals surface area contributed by atoms with E-state index in [-0.39, 0.29) is 5.65 Å². The van der Waals surface area contributed by atoms with Gasteiger partial charge in [-0.2, -0.15) is 0 Å². The van der Waals surface area contributed by atoms with E-state index in [2.05, 4.69) is 30.0 Å². The first kappa shape index (κ1) is 21.4. The zero-order valence-corrected chi connectivity index (χ0v) is 16.0. The molecule has 0 bridgehead atoms. The van der Waals surface area contributed by atoms with Gasteiger partial charge >= 0.3 is 6.36 Å². The second-order valence-electron chi connectivity index (χ2n) is 6.88. The maximum absolute atomic E-state index is 12.3. The molecule has 4 heterocycles. The molecule has 0 aromatic carbocycles. The predicted molar refractivity (Wildman–Crippen MR) is 99.7 cm³/mol. The Morgan fingerprint density at radius 1 is 1.13 bits per heavy atom. The maximum Gasteiger partial charge on any atom is 0.522 e. The Labute approximate surface area is 173 Å². The number of aromatic nitrogens is 5. The molecular formula is C18H19F3N6O4. The van der Waals surface area contributed by atoms with Crippen molar-refractivity contribution in [1.29, 1.82) is 0 Å². The molecule has 1 aliphatic heterocycles. The number of alkyl halides is 3. The van der Waals surface area contributed by atoms with Crippen LogP contribution in [0.4, 0.5) is 19.0 Å². The summed E-state index contributed by atoms with van der Waals surface area (Å²) in [4.78, 5) is 16.5. The summed E-state index contributed by atoms with van der Waals surface area (Å²) in [5, 5.41) is 23.5. The lowest BCUT2D eigenvalue weighted by atomic mass is 10.1. The number of rotatable bonds is 7. The second kappa shape index (κ2) is 8.70. The minimum absolute atomic E-state index is 0.287. The number of imidazole rings is 1. The number of aliphatic hydroxyl groups excluding tert-OH is 2. The van der Waals surface area contributed by atoms with E-state index in [4.69, 9.17) is 4.74 Å². The molecule has 3 N–H and O–H groups in total. The summed E-state index contributed by atoms with van der Waals surface area (Å²) >= 11 is 0. The van der Waals surface area contributed by atoms with Gasteiger partial charge in [0.05, 0.1) is 12.9 Å². The molecule has 1 aliphatic rings. The molecule has 13 heteroatoms. The molecule has 0 spiro atoms. The molecule has 0 radical (unpaired) electrons. The SMILES string of the molecule is OC1C(O)[C@@H](COC(F)(F)F)O[C@H]1n1cnc2c(NCCc3ccncc3)ncnc21. The highest BCUT2D eigenvalue weighted by molar-refractivity contribution is 5.82. The van der Waals surface area contributed by atoms with Crippen LogP contribution in [0.3, 0.4) is 0 Å². The van der Waals surface area contributed by atoms with Gasteiger partial charge in [0, 0.05) is 18.9 Å². The lowest BCUT2D eigenvalue weighted by Gasteiger charge is -2.16. The van der Waals surface area contributed by atoms with Crippen molar-refractivity contribution in [2.24, 2.45) is 0 Å². The quantitative estimate of drug-likeness (QED) is 0.494. The maximum atomic E-state index is 12.3. The van der Waals surface area contributed by atoms with Crippen LogP contribution in [0.15, 0.2) is 37.2 Å². The van der Waals surface area contributed by atoms with Gasteiger partial charge < -0.3 is 20.3 Å². The zero-order chi connectivity index (χ0) is 22.0. The van der Waals surface area contributed by atoms with Crippen molar-refractivity contribution in [3.8, 4) is 0 Å². The molecule has 3 aromatic rings. The van der Waals surface area contributed by atoms with E-state index in [1.54, 1.807) is 12.4 Å². The monoisotopic (exact) mass is 440 g/mol. The number of aliphatic hydroxyl groups is 2. The molecule has 1 fully saturated rings. The van der Waals surface area contributed by atoms with Crippen LogP contribution in [0.5, 0.6) is 0 Å². The van der Waals surface area contributed by atoms with Crippen LogP contribution in [0.1, 0.15) is 11.8 Å². The summed E-state index contributed by atoms with van der Waals surface area (Å²) in [5.74, 6) is 0.447. The minimum atomic E-state index is -4.88. The third-order valence-electron chi connectivity index (χ3n) is 4.84. The van der Waals surface area contributed by atoms with Crippen molar-refractivity contribution in [2.75, 3.05) is 18.5 Å². The molecule has 0 saturated carbocycles. The van der Waals surface area contributed by atoms with Gasteiger partial charge in [0.25, 0.3) is 0 Å². The van der Waals surface area contributed by atoms with Crippen molar-refractivity contribution >= 4 is 17.0 Å². The largest absolute Gasteiger partial charge is 0.522 e. The molecule has 10 nitrogen and oxygen atoms in total. The van der Waals surface area contributed by atoms with Crippen LogP contribution in [0.2, 0.25) is 0 Å². The predicted octanol–water partition coefficient (Wildman–Crippen LogP) is 1.03. The number of hydrogen-bond acceptors (Lipinski definition) is 9. The van der Waals surface area contributed by atoms with E-state index in [1.165, 1.54) is 17.2 Å². The van der Waals surface area contributed by atoms with Gasteiger partial charge in [0.1, 0.15) is 24.6 Å². The molecular weight excluding hydrogens is 421 g/mol. The van der Waals surface area contributed by atoms with Gasteiger partial charge in [-0.25, -0.2) is 15.0 Å². The van der Waals surface area contributed by atoms with E-state index < -0.39 is 37.5 Å². The van der Waals surface area contributed by atoms with Crippen molar-refractivity contribution in [1.82, 2.24) is 24.5 Å². The number of hydrogen-bond donors (Lipinski definition) is 3. The summed E-state index contributed by atoms with van der Waals surface area (Å²) in [6, 6.07) is 3.80. The lowest BCUT2D eigenvalue weighted by molar-refractivity contribution is -0.333. The molecule has 166 valence electrons. The Hall–Kier alpha value is -2.87. The third kappa shape index (κ3) is 4.74. The summed E-state index contributed by atoms with van der Waals surface area (Å²) in [5.41, 5.74) is 1.76. The Morgan fingerprint density at radius 2 is 1.90 bits per heavy atom. The molecule has 3 aromatic heterocycles. The second-order valence-corrected chi connectivity index (χ2v) is 6.88. The number of pyridine rings is 1. The minimum Gasteiger partial charge on any atom is -0.387 e. The van der Waals surface area contributed by atoms with Crippen molar-refractivity contribution in [3.05, 3.63) is 42.7 Å². The molecule has 4 rings (SSSR count). The Kier molecular flexibility index (Phi) is 6.00. The summed E-state index contributed by atoms with van der Waals surface area (Å²) in [6.45, 7) is -0.400. The third-order valence-corrected chi connectivity index (χ3v) is 4.84. The van der Waals surface area contributed by atoms with Crippen LogP contribution >= 0.6 is 0 Å². The number of fused-ring (bicyclic) bond motifs is 1. The van der Waals surface area contributed by atoms with Crippen LogP contribution in [0, 0.1) is 0 Å². The van der Waals surface area contributed by atoms with Gasteiger partial charge in [-0.05, 0) is 24.1 Å². The molecule has 1 saturated heterocycles. The lowest BCUT2D eigenvalue weighted by Crippen LogP contribution is -2.35. The zero-order valence-electron chi connectivity index (χ0n) is 16.0. The number of nitrogens with one attached hydrogen (secondary N) is 1. The Balaban J connectivity index is 1.48. The average molecular weight is 440 g/mol. The number of ether oxygens (including phenoxy) is 2. The smallest absolute Gasteiger partial charge is 0.387 e. The van der Waals surface area contributed by atoms with Gasteiger partial charge in [-0.1, -0.05) is 0 Å². The van der Waals surface area contributed by atoms with Crippen molar-refractivity contribution in [2.45, 2.75) is 37.3 Å². The van der Waals surface area contributed by atoms with Gasteiger partial charge in [0.15, 0.2) is 23.2 Å². The van der Waals surface area contributed by atoms with Crippen molar-refractivity contribution < 1.29 is 32.9 Å². The fraction of sp³-hybridized carbons (Fsp3) is 0.444. The summed E-state index contributed by atoms with van der Waals surface area (Å²) in [6.07, 6.45) is -3.80. The van der Waals surface area contributed by atoms with Gasteiger partial charge in [0.2, 0.25) is 0 Å². The van der Waals surface area contributed by atoms with Crippen LogP contribution in [-0.2, 0) is 15.9 Å². The van der Waals surface area contributed by atoms with Crippen LogP contribution < -0.4 is 5.32 Å². The average Bonchev–Trinajstić information content (AvgIpc) is 3.29. The van der Waals surface area contributed by atoms with Crippen LogP contribution in [-0.4, -0.2) is 72.5 Å². The van der Waals surface area contributed by atoms with E-state index in [0.717, 1.165) is 5.56 Å².